The van der Waals surface area contributed by atoms with E-state index < -0.39 is 11.4 Å². The van der Waals surface area contributed by atoms with Crippen molar-refractivity contribution in [1.82, 2.24) is 0 Å². The minimum atomic E-state index is -0.583. The number of allylic oxidation sites excluding steroid dienone is 2. The lowest BCUT2D eigenvalue weighted by molar-refractivity contribution is -0.231. The Bertz CT molecular complexity index is 1340. The van der Waals surface area contributed by atoms with E-state index in [4.69, 9.17) is 0 Å². The average molecular weight is 669 g/mol. The van der Waals surface area contributed by atoms with Gasteiger partial charge in [-0.15, -0.1) is 0 Å². The van der Waals surface area contributed by atoms with Crippen LogP contribution in [0.1, 0.15) is 105 Å². The molecule has 1 aromatic rings. The zero-order valence-electron chi connectivity index (χ0n) is 26.0. The Morgan fingerprint density at radius 1 is 0.976 bits per heavy atom. The van der Waals surface area contributed by atoms with Crippen LogP contribution in [0.2, 0.25) is 0 Å². The van der Waals surface area contributed by atoms with Crippen LogP contribution in [0.25, 0.3) is 6.08 Å². The largest absolute Gasteiger partial charge is 0.481 e. The van der Waals surface area contributed by atoms with Crippen LogP contribution in [0.5, 0.6) is 0 Å². The normalized spacial score (nSPS) is 45.8. The highest BCUT2D eigenvalue weighted by Gasteiger charge is 2.72. The molecule has 3 nitrogen and oxygen atoms in total. The fourth-order valence-electron chi connectivity index (χ4n) is 12.3. The minimum Gasteiger partial charge on any atom is -0.481 e. The molecule has 6 rings (SSSR count). The van der Waals surface area contributed by atoms with Crippen LogP contribution in [0.4, 0.5) is 0 Å². The molecule has 0 radical (unpaired) electrons. The number of hydrogen-bond acceptors (Lipinski definition) is 2. The maximum Gasteiger partial charge on any atom is 0.309 e. The molecular weight excluding hydrogens is 619 g/mol. The number of Topliss-reactive ketones (excluding diaryl/α,β-unsaturated/α-hetero) is 1. The van der Waals surface area contributed by atoms with Crippen LogP contribution >= 0.6 is 22.6 Å². The summed E-state index contributed by atoms with van der Waals surface area (Å²) >= 11 is 2.35. The van der Waals surface area contributed by atoms with Crippen molar-refractivity contribution in [2.24, 2.45) is 56.7 Å². The van der Waals surface area contributed by atoms with Crippen molar-refractivity contribution in [3.05, 3.63) is 51.1 Å². The molecule has 1 N–H and O–H groups in total. The van der Waals surface area contributed by atoms with Gasteiger partial charge in [0, 0.05) is 8.99 Å². The van der Waals surface area contributed by atoms with E-state index in [1.54, 1.807) is 0 Å². The fourth-order valence-corrected chi connectivity index (χ4v) is 12.9. The summed E-state index contributed by atoms with van der Waals surface area (Å²) in [6.45, 7) is 18.6. The van der Waals surface area contributed by atoms with Gasteiger partial charge in [-0.05, 0) is 162 Å². The second-order valence-electron chi connectivity index (χ2n) is 16.1. The van der Waals surface area contributed by atoms with Gasteiger partial charge in [0.2, 0.25) is 0 Å². The molecule has 222 valence electrons. The number of benzene rings is 1. The number of carboxylic acids is 1. The van der Waals surface area contributed by atoms with E-state index >= 15 is 0 Å². The van der Waals surface area contributed by atoms with Gasteiger partial charge < -0.3 is 5.11 Å². The van der Waals surface area contributed by atoms with Crippen LogP contribution in [-0.4, -0.2) is 16.9 Å². The van der Waals surface area contributed by atoms with Crippen LogP contribution in [0, 0.1) is 60.2 Å². The van der Waals surface area contributed by atoms with Gasteiger partial charge in [0.05, 0.1) is 5.41 Å². The topological polar surface area (TPSA) is 54.4 Å². The number of halogens is 1. The van der Waals surface area contributed by atoms with E-state index in [0.29, 0.717) is 29.5 Å². The highest BCUT2D eigenvalue weighted by molar-refractivity contribution is 14.1. The smallest absolute Gasteiger partial charge is 0.309 e. The lowest BCUT2D eigenvalue weighted by Crippen LogP contribution is -2.67. The summed E-state index contributed by atoms with van der Waals surface area (Å²) < 4.78 is 1.19. The third-order valence-electron chi connectivity index (χ3n) is 14.3. The summed E-state index contributed by atoms with van der Waals surface area (Å²) in [5.41, 5.74) is 2.59. The first-order valence-corrected chi connectivity index (χ1v) is 17.1. The molecule has 0 aliphatic heterocycles. The molecule has 5 aliphatic rings. The minimum absolute atomic E-state index is 0.0386. The van der Waals surface area contributed by atoms with E-state index in [1.807, 2.05) is 0 Å². The Hall–Kier alpha value is -1.43. The lowest BCUT2D eigenvalue weighted by Gasteiger charge is -2.72. The Morgan fingerprint density at radius 2 is 1.71 bits per heavy atom. The molecular formula is C37H49IO3. The van der Waals surface area contributed by atoms with Crippen molar-refractivity contribution < 1.29 is 14.7 Å². The second-order valence-corrected chi connectivity index (χ2v) is 17.3. The highest BCUT2D eigenvalue weighted by Crippen LogP contribution is 2.77. The van der Waals surface area contributed by atoms with E-state index in [1.165, 1.54) is 9.14 Å². The number of aliphatic carboxylic acids is 1. The van der Waals surface area contributed by atoms with E-state index in [0.717, 1.165) is 68.9 Å². The van der Waals surface area contributed by atoms with Crippen molar-refractivity contribution >= 4 is 40.4 Å². The number of carbonyl (C=O) groups excluding carboxylic acids is 1. The van der Waals surface area contributed by atoms with Crippen LogP contribution in [0.3, 0.4) is 0 Å². The van der Waals surface area contributed by atoms with Gasteiger partial charge in [0.1, 0.15) is 0 Å². The van der Waals surface area contributed by atoms with E-state index in [-0.39, 0.29) is 27.6 Å². The summed E-state index contributed by atoms with van der Waals surface area (Å²) in [7, 11) is 0. The maximum absolute atomic E-state index is 14.1. The molecule has 5 unspecified atom stereocenters. The third-order valence-corrected chi connectivity index (χ3v) is 14.9. The Labute approximate surface area is 261 Å². The molecule has 0 amide bonds. The zero-order valence-corrected chi connectivity index (χ0v) is 28.1. The molecule has 5 saturated carbocycles. The van der Waals surface area contributed by atoms with Gasteiger partial charge in [0.15, 0.2) is 5.78 Å². The van der Waals surface area contributed by atoms with Crippen molar-refractivity contribution in [2.45, 2.75) is 99.3 Å². The molecule has 0 aromatic heterocycles. The fraction of sp³-hybridized carbons (Fsp3) is 0.676. The Balaban J connectivity index is 1.42. The van der Waals surface area contributed by atoms with Crippen molar-refractivity contribution in [2.75, 3.05) is 0 Å². The number of ketones is 1. The van der Waals surface area contributed by atoms with Crippen molar-refractivity contribution in [1.29, 1.82) is 0 Å². The first-order valence-electron chi connectivity index (χ1n) is 16.0. The first-order chi connectivity index (χ1) is 19.1. The van der Waals surface area contributed by atoms with Crippen molar-refractivity contribution in [3.63, 3.8) is 0 Å². The predicted octanol–water partition coefficient (Wildman–Crippen LogP) is 9.60. The molecule has 5 fully saturated rings. The summed E-state index contributed by atoms with van der Waals surface area (Å²) in [6, 6.07) is 8.48. The van der Waals surface area contributed by atoms with E-state index in [2.05, 4.69) is 101 Å². The third kappa shape index (κ3) is 3.93. The Kier molecular flexibility index (Phi) is 6.89. The first kappa shape index (κ1) is 29.6. The average Bonchev–Trinajstić information content (AvgIpc) is 3.29. The molecule has 0 spiro atoms. The number of hydrogen-bond donors (Lipinski definition) is 1. The van der Waals surface area contributed by atoms with Gasteiger partial charge in [-0.2, -0.15) is 0 Å². The van der Waals surface area contributed by atoms with Crippen LogP contribution in [0.15, 0.2) is 42.0 Å². The van der Waals surface area contributed by atoms with Gasteiger partial charge in [-0.1, -0.05) is 58.9 Å². The second kappa shape index (κ2) is 9.53. The number of carbonyl (C=O) groups is 2. The highest BCUT2D eigenvalue weighted by atomic mass is 127. The summed E-state index contributed by atoms with van der Waals surface area (Å²) in [4.78, 5) is 27.0. The van der Waals surface area contributed by atoms with E-state index in [9.17, 15) is 14.7 Å². The molecule has 4 heteroatoms. The lowest BCUT2D eigenvalue weighted by atomic mass is 9.32. The molecule has 0 bridgehead atoms. The summed E-state index contributed by atoms with van der Waals surface area (Å²) in [6.07, 6.45) is 11.1. The Morgan fingerprint density at radius 3 is 2.37 bits per heavy atom. The van der Waals surface area contributed by atoms with Crippen molar-refractivity contribution in [3.8, 4) is 0 Å². The molecule has 41 heavy (non-hydrogen) atoms. The van der Waals surface area contributed by atoms with Crippen LogP contribution in [-0.2, 0) is 9.59 Å². The molecule has 0 saturated heterocycles. The molecule has 0 heterocycles. The molecule has 9 atom stereocenters. The monoisotopic (exact) mass is 668 g/mol. The van der Waals surface area contributed by atoms with Gasteiger partial charge in [-0.25, -0.2) is 0 Å². The zero-order chi connectivity index (χ0) is 29.8. The summed E-state index contributed by atoms with van der Waals surface area (Å²) in [5.74, 6) is 1.58. The number of fused-ring (bicyclic) bond motifs is 7. The van der Waals surface area contributed by atoms with Gasteiger partial charge >= 0.3 is 5.97 Å². The maximum atomic E-state index is 14.1. The van der Waals surface area contributed by atoms with Gasteiger partial charge in [0.25, 0.3) is 0 Å². The molecule has 5 aliphatic carbocycles. The van der Waals surface area contributed by atoms with Gasteiger partial charge in [-0.3, -0.25) is 9.59 Å². The molecule has 1 aromatic carbocycles. The predicted molar refractivity (Wildman–Crippen MR) is 174 cm³/mol. The summed E-state index contributed by atoms with van der Waals surface area (Å²) in [5, 5.41) is 10.6. The number of rotatable bonds is 3. The quantitative estimate of drug-likeness (QED) is 0.198. The standard InChI is InChI=1S/C37H49IO3/c1-22(2)26-13-16-37(32(40)41)18-17-35(6)27(30(26)37)11-12-29-34(5)21-24(19-23-9-8-10-25(38)20-23)31(39)33(3,4)28(34)14-15-36(29,35)7/h8-10,19-20,26-30H,1,11-18,21H2,2-7H3,(H,40,41)/b24-19-/t26-,27?,28?,29?,30?,34-,35+,36+,37?/m0/s1. The van der Waals surface area contributed by atoms with Crippen LogP contribution < -0.4 is 0 Å². The number of carboxylic acid groups (broad SMARTS) is 1. The SMILES string of the molecule is C=C(C)[C@@H]1CCC2(C(=O)O)CC[C@]3(C)C(CCC4[C@@]5(C)C/C(=C/c6cccc(I)c6)C(=O)C(C)(C)C5CC[C@]43C)C12.